The highest BCUT2D eigenvalue weighted by atomic mass is 32.2. The number of nitrogens with zero attached hydrogens (tertiary/aromatic N) is 3. The van der Waals surface area contributed by atoms with E-state index >= 15 is 0 Å². The standard InChI is InChI=1S/C9H16N4O3S/c1-9(2,17(4,15)16)8(14)13(3)5-7-10-6-11-12-7/h6H,5H2,1-4H3,(H,10,11,12). The number of amides is 1. The molecule has 0 saturated heterocycles. The van der Waals surface area contributed by atoms with Gasteiger partial charge in [0.25, 0.3) is 0 Å². The zero-order valence-electron chi connectivity index (χ0n) is 10.3. The zero-order chi connectivity index (χ0) is 13.3. The number of sulfone groups is 1. The topological polar surface area (TPSA) is 96.0 Å². The fraction of sp³-hybridized carbons (Fsp3) is 0.667. The first-order valence-corrected chi connectivity index (χ1v) is 6.85. The molecule has 0 bridgehead atoms. The van der Waals surface area contributed by atoms with Crippen LogP contribution in [0.4, 0.5) is 0 Å². The Balaban J connectivity index is 2.84. The second-order valence-corrected chi connectivity index (χ2v) is 6.94. The lowest BCUT2D eigenvalue weighted by Gasteiger charge is -2.27. The van der Waals surface area contributed by atoms with Gasteiger partial charge in [-0.2, -0.15) is 5.10 Å². The van der Waals surface area contributed by atoms with Crippen LogP contribution in [0.5, 0.6) is 0 Å². The Morgan fingerprint density at radius 2 is 2.12 bits per heavy atom. The maximum absolute atomic E-state index is 12.0. The molecule has 1 N–H and O–H groups in total. The summed E-state index contributed by atoms with van der Waals surface area (Å²) in [5.41, 5.74) is 0. The smallest absolute Gasteiger partial charge is 0.243 e. The van der Waals surface area contributed by atoms with Gasteiger partial charge in [0.1, 0.15) is 16.9 Å². The van der Waals surface area contributed by atoms with Crippen LogP contribution >= 0.6 is 0 Å². The van der Waals surface area contributed by atoms with Gasteiger partial charge in [-0.15, -0.1) is 0 Å². The third kappa shape index (κ3) is 2.82. The predicted octanol–water partition coefficient (Wildman–Crippen LogP) is -0.414. The number of carbonyl (C=O) groups is 1. The first kappa shape index (κ1) is 13.6. The fourth-order valence-corrected chi connectivity index (χ4v) is 1.69. The highest BCUT2D eigenvalue weighted by Gasteiger charge is 2.40. The Labute approximate surface area is 100 Å². The molecule has 0 radical (unpaired) electrons. The van der Waals surface area contributed by atoms with Crippen molar-refractivity contribution in [1.29, 1.82) is 0 Å². The second kappa shape index (κ2) is 4.44. The van der Waals surface area contributed by atoms with Gasteiger partial charge in [0, 0.05) is 13.3 Å². The third-order valence-corrected chi connectivity index (χ3v) is 4.67. The molecule has 8 heteroatoms. The van der Waals surface area contributed by atoms with Crippen LogP contribution in [0.25, 0.3) is 0 Å². The van der Waals surface area contributed by atoms with Gasteiger partial charge in [-0.3, -0.25) is 9.89 Å². The Bertz CT molecular complexity index is 492. The van der Waals surface area contributed by atoms with E-state index in [-0.39, 0.29) is 6.54 Å². The van der Waals surface area contributed by atoms with Gasteiger partial charge in [-0.25, -0.2) is 13.4 Å². The van der Waals surface area contributed by atoms with Crippen LogP contribution in [-0.2, 0) is 21.2 Å². The van der Waals surface area contributed by atoms with Crippen LogP contribution in [0.15, 0.2) is 6.33 Å². The average molecular weight is 260 g/mol. The van der Waals surface area contributed by atoms with Crippen molar-refractivity contribution in [2.75, 3.05) is 13.3 Å². The summed E-state index contributed by atoms with van der Waals surface area (Å²) in [6.45, 7) is 2.97. The molecule has 0 saturated carbocycles. The van der Waals surface area contributed by atoms with E-state index in [1.54, 1.807) is 0 Å². The van der Waals surface area contributed by atoms with E-state index in [9.17, 15) is 13.2 Å². The average Bonchev–Trinajstić information content (AvgIpc) is 2.67. The van der Waals surface area contributed by atoms with E-state index in [1.165, 1.54) is 32.1 Å². The molecule has 1 aromatic heterocycles. The molecule has 96 valence electrons. The van der Waals surface area contributed by atoms with Crippen molar-refractivity contribution in [1.82, 2.24) is 20.1 Å². The van der Waals surface area contributed by atoms with Crippen LogP contribution in [0, 0.1) is 0 Å². The summed E-state index contributed by atoms with van der Waals surface area (Å²) in [4.78, 5) is 17.2. The second-order valence-electron chi connectivity index (χ2n) is 4.38. The van der Waals surface area contributed by atoms with Crippen LogP contribution in [0.2, 0.25) is 0 Å². The molecular formula is C9H16N4O3S. The molecule has 0 aliphatic heterocycles. The molecule has 0 unspecified atom stereocenters. The summed E-state index contributed by atoms with van der Waals surface area (Å²) in [5, 5.41) is 6.26. The molecule has 0 aliphatic rings. The number of aromatic nitrogens is 3. The van der Waals surface area contributed by atoms with E-state index in [0.717, 1.165) is 6.26 Å². The molecule has 0 aliphatic carbocycles. The number of hydrogen-bond donors (Lipinski definition) is 1. The monoisotopic (exact) mass is 260 g/mol. The molecule has 0 atom stereocenters. The van der Waals surface area contributed by atoms with Crippen LogP contribution in [-0.4, -0.2) is 52.5 Å². The molecule has 17 heavy (non-hydrogen) atoms. The van der Waals surface area contributed by atoms with Gasteiger partial charge in [0.15, 0.2) is 9.84 Å². The Morgan fingerprint density at radius 1 is 1.53 bits per heavy atom. The number of rotatable bonds is 4. The van der Waals surface area contributed by atoms with Crippen molar-refractivity contribution in [2.45, 2.75) is 25.1 Å². The first-order chi connectivity index (χ1) is 7.66. The maximum Gasteiger partial charge on any atom is 0.243 e. The van der Waals surface area contributed by atoms with Crippen LogP contribution in [0.3, 0.4) is 0 Å². The van der Waals surface area contributed by atoms with Crippen molar-refractivity contribution < 1.29 is 13.2 Å². The molecule has 1 rings (SSSR count). The summed E-state index contributed by atoms with van der Waals surface area (Å²) < 4.78 is 21.6. The highest BCUT2D eigenvalue weighted by Crippen LogP contribution is 2.18. The molecule has 1 amide bonds. The molecule has 0 spiro atoms. The molecule has 1 aromatic rings. The lowest BCUT2D eigenvalue weighted by molar-refractivity contribution is -0.132. The molecule has 0 fully saturated rings. The molecule has 0 aromatic carbocycles. The number of carbonyl (C=O) groups excluding carboxylic acids is 1. The number of aromatic amines is 1. The van der Waals surface area contributed by atoms with Gasteiger partial charge in [-0.1, -0.05) is 0 Å². The predicted molar refractivity (Wildman–Crippen MR) is 61.8 cm³/mol. The van der Waals surface area contributed by atoms with Gasteiger partial charge in [0.05, 0.1) is 6.54 Å². The van der Waals surface area contributed by atoms with Gasteiger partial charge >= 0.3 is 0 Å². The molecule has 7 nitrogen and oxygen atoms in total. The zero-order valence-corrected chi connectivity index (χ0v) is 11.1. The summed E-state index contributed by atoms with van der Waals surface area (Å²) >= 11 is 0. The van der Waals surface area contributed by atoms with Crippen molar-refractivity contribution in [3.8, 4) is 0 Å². The van der Waals surface area contributed by atoms with Crippen molar-refractivity contribution in [3.05, 3.63) is 12.2 Å². The lowest BCUT2D eigenvalue weighted by atomic mass is 10.2. The number of H-pyrrole nitrogens is 1. The minimum Gasteiger partial charge on any atom is -0.337 e. The van der Waals surface area contributed by atoms with Crippen molar-refractivity contribution in [3.63, 3.8) is 0 Å². The summed E-state index contributed by atoms with van der Waals surface area (Å²) in [7, 11) is -1.94. The summed E-state index contributed by atoms with van der Waals surface area (Å²) in [6.07, 6.45) is 2.38. The largest absolute Gasteiger partial charge is 0.337 e. The SMILES string of the molecule is CN(Cc1ncn[nH]1)C(=O)C(C)(C)S(C)(=O)=O. The fourth-order valence-electron chi connectivity index (χ4n) is 1.22. The number of nitrogens with one attached hydrogen (secondary N) is 1. The Morgan fingerprint density at radius 3 is 2.53 bits per heavy atom. The molecule has 1 heterocycles. The van der Waals surface area contributed by atoms with Gasteiger partial charge < -0.3 is 4.90 Å². The summed E-state index contributed by atoms with van der Waals surface area (Å²) in [6, 6.07) is 0. The Kier molecular flexibility index (Phi) is 3.56. The normalized spacial score (nSPS) is 12.5. The van der Waals surface area contributed by atoms with Crippen molar-refractivity contribution in [2.24, 2.45) is 0 Å². The first-order valence-electron chi connectivity index (χ1n) is 4.95. The summed E-state index contributed by atoms with van der Waals surface area (Å²) in [5.74, 6) is 0.0292. The maximum atomic E-state index is 12.0. The van der Waals surface area contributed by atoms with E-state index < -0.39 is 20.5 Å². The van der Waals surface area contributed by atoms with Gasteiger partial charge in [-0.05, 0) is 13.8 Å². The van der Waals surface area contributed by atoms with Crippen molar-refractivity contribution >= 4 is 15.7 Å². The van der Waals surface area contributed by atoms with Gasteiger partial charge in [0.2, 0.25) is 5.91 Å². The number of hydrogen-bond acceptors (Lipinski definition) is 5. The minimum atomic E-state index is -3.46. The van der Waals surface area contributed by atoms with E-state index in [4.69, 9.17) is 0 Å². The third-order valence-electron chi connectivity index (χ3n) is 2.64. The van der Waals surface area contributed by atoms with E-state index in [1.807, 2.05) is 0 Å². The quantitative estimate of drug-likeness (QED) is 0.793. The van der Waals surface area contributed by atoms with Crippen LogP contribution < -0.4 is 0 Å². The van der Waals surface area contributed by atoms with E-state index in [0.29, 0.717) is 5.82 Å². The van der Waals surface area contributed by atoms with Crippen LogP contribution in [0.1, 0.15) is 19.7 Å². The minimum absolute atomic E-state index is 0.192. The lowest BCUT2D eigenvalue weighted by Crippen LogP contribution is -2.48. The molecular weight excluding hydrogens is 244 g/mol. The Hall–Kier alpha value is -1.44. The highest BCUT2D eigenvalue weighted by molar-refractivity contribution is 7.92. The van der Waals surface area contributed by atoms with E-state index in [2.05, 4.69) is 15.2 Å².